The van der Waals surface area contributed by atoms with E-state index in [9.17, 15) is 13.2 Å². The van der Waals surface area contributed by atoms with Crippen molar-refractivity contribution >= 4 is 27.3 Å². The highest BCUT2D eigenvalue weighted by Crippen LogP contribution is 2.41. The summed E-state index contributed by atoms with van der Waals surface area (Å²) in [6.45, 7) is 3.80. The lowest BCUT2D eigenvalue weighted by Crippen LogP contribution is -2.39. The number of carbonyl (C=O) groups is 1. The van der Waals surface area contributed by atoms with Crippen LogP contribution in [0.5, 0.6) is 0 Å². The average Bonchev–Trinajstić information content (AvgIpc) is 3.55. The molecule has 42 heavy (non-hydrogen) atoms. The number of amides is 1. The molecule has 4 heterocycles. The molecule has 3 aliphatic rings. The van der Waals surface area contributed by atoms with Crippen molar-refractivity contribution in [3.8, 4) is 11.3 Å². The molecule has 218 valence electrons. The fourth-order valence-electron chi connectivity index (χ4n) is 6.41. The second-order valence-electron chi connectivity index (χ2n) is 11.7. The Kier molecular flexibility index (Phi) is 6.54. The van der Waals surface area contributed by atoms with Crippen LogP contribution in [0, 0.1) is 5.82 Å². The van der Waals surface area contributed by atoms with E-state index in [0.717, 1.165) is 31.2 Å². The predicted octanol–water partition coefficient (Wildman–Crippen LogP) is 4.30. The molecule has 0 spiro atoms. The van der Waals surface area contributed by atoms with Crippen LogP contribution in [0.1, 0.15) is 65.5 Å². The fourth-order valence-corrected chi connectivity index (χ4v) is 7.21. The lowest BCUT2D eigenvalue weighted by Gasteiger charge is -2.35. The van der Waals surface area contributed by atoms with E-state index in [0.29, 0.717) is 60.3 Å². The Morgan fingerprint density at radius 1 is 1.05 bits per heavy atom. The maximum atomic E-state index is 15.5. The van der Waals surface area contributed by atoms with Crippen LogP contribution in [0.4, 0.5) is 10.1 Å². The van der Waals surface area contributed by atoms with Gasteiger partial charge in [0, 0.05) is 54.6 Å². The predicted molar refractivity (Wildman–Crippen MR) is 159 cm³/mol. The van der Waals surface area contributed by atoms with Crippen molar-refractivity contribution in [2.45, 2.75) is 50.6 Å². The van der Waals surface area contributed by atoms with Crippen LogP contribution in [-0.4, -0.2) is 65.8 Å². The molecule has 11 heteroatoms. The fraction of sp³-hybridized carbons (Fsp3) is 0.387. The maximum Gasteiger partial charge on any atom is 0.273 e. The second-order valence-corrected chi connectivity index (χ2v) is 13.5. The molecule has 1 saturated carbocycles. The maximum absolute atomic E-state index is 15.5. The van der Waals surface area contributed by atoms with Crippen molar-refractivity contribution in [2.24, 2.45) is 0 Å². The van der Waals surface area contributed by atoms with E-state index in [4.69, 9.17) is 10.1 Å². The minimum absolute atomic E-state index is 0.0500. The van der Waals surface area contributed by atoms with E-state index in [1.165, 1.54) is 17.2 Å². The summed E-state index contributed by atoms with van der Waals surface area (Å²) in [5.41, 5.74) is 5.80. The molecule has 9 nitrogen and oxygen atoms in total. The third-order valence-corrected chi connectivity index (χ3v) is 9.45. The van der Waals surface area contributed by atoms with Crippen molar-refractivity contribution in [3.05, 3.63) is 82.9 Å². The standard InChI is InChI=1S/C31H33FN6O3S/c1-19-24-6-4-3-5-20(24)11-14-37(19)31(39)28-16-29(21-7-8-21)38-30(33-28)17-27(34-38)25-10-9-23(15-26(25)32)36-13-12-22(18-36)35-42(2,40)41/h3-6,9-10,15-17,19,21-22,35H,7-8,11-14,18H2,1-2H3/t19-,22?/m1/s1. The SMILES string of the molecule is C[C@@H]1c2ccccc2CCN1C(=O)c1cc(C2CC2)n2nc(-c3ccc(N4CCC(NS(C)(=O)=O)C4)cc3F)cc2n1. The highest BCUT2D eigenvalue weighted by Gasteiger charge is 2.33. The zero-order valence-corrected chi connectivity index (χ0v) is 24.4. The average molecular weight is 589 g/mol. The zero-order valence-electron chi connectivity index (χ0n) is 23.6. The number of anilines is 1. The summed E-state index contributed by atoms with van der Waals surface area (Å²) in [6, 6.07) is 16.6. The Labute approximate surface area is 244 Å². The number of benzene rings is 2. The lowest BCUT2D eigenvalue weighted by molar-refractivity contribution is 0.0671. The number of aromatic nitrogens is 3. The van der Waals surface area contributed by atoms with Crippen molar-refractivity contribution < 1.29 is 17.6 Å². The van der Waals surface area contributed by atoms with Gasteiger partial charge in [-0.15, -0.1) is 0 Å². The third-order valence-electron chi connectivity index (χ3n) is 8.69. The first-order chi connectivity index (χ1) is 20.1. The van der Waals surface area contributed by atoms with Crippen molar-refractivity contribution in [1.29, 1.82) is 0 Å². The first-order valence-electron chi connectivity index (χ1n) is 14.5. The summed E-state index contributed by atoms with van der Waals surface area (Å²) in [5, 5.41) is 4.74. The molecule has 1 saturated heterocycles. The summed E-state index contributed by atoms with van der Waals surface area (Å²) in [6.07, 6.45) is 4.65. The second kappa shape index (κ2) is 10.2. The van der Waals surface area contributed by atoms with Crippen molar-refractivity contribution in [1.82, 2.24) is 24.2 Å². The van der Waals surface area contributed by atoms with Crippen LogP contribution in [-0.2, 0) is 16.4 Å². The molecular formula is C31H33FN6O3S. The van der Waals surface area contributed by atoms with Crippen LogP contribution in [0.25, 0.3) is 16.9 Å². The first kappa shape index (κ1) is 27.0. The van der Waals surface area contributed by atoms with E-state index in [1.807, 2.05) is 34.1 Å². The normalized spacial score (nSPS) is 20.7. The quantitative estimate of drug-likeness (QED) is 0.361. The molecule has 4 aromatic rings. The van der Waals surface area contributed by atoms with Crippen LogP contribution in [0.15, 0.2) is 54.6 Å². The highest BCUT2D eigenvalue weighted by atomic mass is 32.2. The summed E-state index contributed by atoms with van der Waals surface area (Å²) < 4.78 is 43.1. The van der Waals surface area contributed by atoms with Gasteiger partial charge in [-0.05, 0) is 68.0 Å². The molecule has 2 aromatic carbocycles. The van der Waals surface area contributed by atoms with Gasteiger partial charge in [0.15, 0.2) is 5.65 Å². The topological polar surface area (TPSA) is 99.9 Å². The van der Waals surface area contributed by atoms with Gasteiger partial charge in [0.05, 0.1) is 18.0 Å². The number of fused-ring (bicyclic) bond motifs is 2. The van der Waals surface area contributed by atoms with Gasteiger partial charge in [0.25, 0.3) is 5.91 Å². The van der Waals surface area contributed by atoms with Gasteiger partial charge in [0.1, 0.15) is 11.5 Å². The summed E-state index contributed by atoms with van der Waals surface area (Å²) in [5.74, 6) is -0.223. The van der Waals surface area contributed by atoms with E-state index in [1.54, 1.807) is 16.6 Å². The van der Waals surface area contributed by atoms with Crippen LogP contribution in [0.3, 0.4) is 0 Å². The molecular weight excluding hydrogens is 555 g/mol. The molecule has 2 aliphatic heterocycles. The van der Waals surface area contributed by atoms with Crippen LogP contribution < -0.4 is 9.62 Å². The highest BCUT2D eigenvalue weighted by molar-refractivity contribution is 7.88. The molecule has 2 atom stereocenters. The number of hydrogen-bond donors (Lipinski definition) is 1. The smallest absolute Gasteiger partial charge is 0.273 e. The van der Waals surface area contributed by atoms with Crippen LogP contribution in [0.2, 0.25) is 0 Å². The number of sulfonamides is 1. The minimum atomic E-state index is -3.30. The van der Waals surface area contributed by atoms with E-state index < -0.39 is 15.8 Å². The number of rotatable bonds is 6. The summed E-state index contributed by atoms with van der Waals surface area (Å²) in [4.78, 5) is 22.4. The molecule has 2 fully saturated rings. The minimum Gasteiger partial charge on any atom is -0.370 e. The Bertz CT molecular complexity index is 1820. The number of halogens is 1. The summed E-state index contributed by atoms with van der Waals surface area (Å²) in [7, 11) is -3.30. The first-order valence-corrected chi connectivity index (χ1v) is 16.4. The molecule has 1 aliphatic carbocycles. The molecule has 0 radical (unpaired) electrons. The van der Waals surface area contributed by atoms with E-state index in [-0.39, 0.29) is 18.0 Å². The number of nitrogens with one attached hydrogen (secondary N) is 1. The van der Waals surface area contributed by atoms with E-state index in [2.05, 4.69) is 23.8 Å². The Hall–Kier alpha value is -3.83. The molecule has 7 rings (SSSR count). The van der Waals surface area contributed by atoms with Gasteiger partial charge < -0.3 is 9.80 Å². The number of nitrogens with zero attached hydrogens (tertiary/aromatic N) is 5. The van der Waals surface area contributed by atoms with Crippen molar-refractivity contribution in [3.63, 3.8) is 0 Å². The van der Waals surface area contributed by atoms with Crippen LogP contribution >= 0.6 is 0 Å². The molecule has 0 bridgehead atoms. The monoisotopic (exact) mass is 588 g/mol. The van der Waals surface area contributed by atoms with Gasteiger partial charge in [0.2, 0.25) is 10.0 Å². The van der Waals surface area contributed by atoms with Gasteiger partial charge in [-0.25, -0.2) is 27.0 Å². The summed E-state index contributed by atoms with van der Waals surface area (Å²) >= 11 is 0. The van der Waals surface area contributed by atoms with Gasteiger partial charge in [-0.2, -0.15) is 5.10 Å². The largest absolute Gasteiger partial charge is 0.370 e. The molecule has 1 unspecified atom stereocenters. The van der Waals surface area contributed by atoms with Crippen molar-refractivity contribution in [2.75, 3.05) is 30.8 Å². The Morgan fingerprint density at radius 3 is 2.62 bits per heavy atom. The van der Waals surface area contributed by atoms with E-state index >= 15 is 4.39 Å². The molecule has 2 aromatic heterocycles. The number of hydrogen-bond acceptors (Lipinski definition) is 6. The zero-order chi connectivity index (χ0) is 29.2. The van der Waals surface area contributed by atoms with Gasteiger partial charge in [-0.1, -0.05) is 24.3 Å². The number of carbonyl (C=O) groups excluding carboxylic acids is 1. The third kappa shape index (κ3) is 5.05. The van der Waals surface area contributed by atoms with Gasteiger partial charge >= 0.3 is 0 Å². The Morgan fingerprint density at radius 2 is 1.86 bits per heavy atom. The van der Waals surface area contributed by atoms with Gasteiger partial charge in [-0.3, -0.25) is 4.79 Å². The molecule has 1 N–H and O–H groups in total. The Balaban J connectivity index is 1.18. The lowest BCUT2D eigenvalue weighted by atomic mass is 9.93. The molecule has 1 amide bonds.